The van der Waals surface area contributed by atoms with Gasteiger partial charge in [0, 0.05) is 44.0 Å². The lowest BCUT2D eigenvalue weighted by atomic mass is 10.0. The molecular formula is C23H28N6O3. The Bertz CT molecular complexity index is 1080. The quantitative estimate of drug-likeness (QED) is 0.714. The molecule has 3 aliphatic rings. The van der Waals surface area contributed by atoms with Crippen molar-refractivity contribution in [3.8, 4) is 6.07 Å². The Morgan fingerprint density at radius 1 is 1.28 bits per heavy atom. The summed E-state index contributed by atoms with van der Waals surface area (Å²) in [6.45, 7) is 5.25. The fraction of sp³-hybridized carbons (Fsp3) is 0.565. The molecule has 0 radical (unpaired) electrons. The molecule has 0 saturated carbocycles. The number of nitrogens with zero attached hydrogens (tertiary/aromatic N) is 6. The van der Waals surface area contributed by atoms with Gasteiger partial charge in [0.05, 0.1) is 42.3 Å². The lowest BCUT2D eigenvalue weighted by Crippen LogP contribution is -2.37. The molecule has 0 aliphatic carbocycles. The monoisotopic (exact) mass is 436 g/mol. The van der Waals surface area contributed by atoms with Gasteiger partial charge in [-0.05, 0) is 38.7 Å². The van der Waals surface area contributed by atoms with Crippen LogP contribution in [0.1, 0.15) is 53.5 Å². The number of methoxy groups -OCH3 is 1. The second-order valence-corrected chi connectivity index (χ2v) is 8.63. The molecular weight excluding hydrogens is 408 g/mol. The highest BCUT2D eigenvalue weighted by atomic mass is 16.5. The van der Waals surface area contributed by atoms with Gasteiger partial charge in [0.2, 0.25) is 0 Å². The second-order valence-electron chi connectivity index (χ2n) is 8.63. The van der Waals surface area contributed by atoms with Crippen LogP contribution in [-0.4, -0.2) is 59.2 Å². The summed E-state index contributed by atoms with van der Waals surface area (Å²) < 4.78 is 12.8. The Kier molecular flexibility index (Phi) is 5.47. The van der Waals surface area contributed by atoms with E-state index in [-0.39, 0.29) is 6.09 Å². The summed E-state index contributed by atoms with van der Waals surface area (Å²) in [6, 6.07) is 4.51. The fourth-order valence-corrected chi connectivity index (χ4v) is 5.08. The number of ether oxygens (including phenoxy) is 2. The van der Waals surface area contributed by atoms with Crippen molar-refractivity contribution in [2.24, 2.45) is 0 Å². The molecule has 1 amide bonds. The third-order valence-corrected chi connectivity index (χ3v) is 6.77. The van der Waals surface area contributed by atoms with Crippen molar-refractivity contribution in [1.82, 2.24) is 19.7 Å². The molecule has 1 saturated heterocycles. The van der Waals surface area contributed by atoms with Crippen LogP contribution in [0.4, 0.5) is 16.3 Å². The number of fused-ring (bicyclic) bond motifs is 2. The number of aromatic nitrogens is 3. The molecule has 3 aliphatic heterocycles. The SMILES string of the molecule is COC(=O)N1CCc2c(c(N3CCCc4nc(C)c(C#N)cc43)nn2C2CCOCC2)C1. The third-order valence-electron chi connectivity index (χ3n) is 6.77. The molecule has 2 aromatic rings. The lowest BCUT2D eigenvalue weighted by molar-refractivity contribution is 0.0649. The molecule has 1 fully saturated rings. The zero-order chi connectivity index (χ0) is 22.2. The highest BCUT2D eigenvalue weighted by Crippen LogP contribution is 2.39. The zero-order valence-electron chi connectivity index (χ0n) is 18.6. The largest absolute Gasteiger partial charge is 0.453 e. The van der Waals surface area contributed by atoms with Gasteiger partial charge in [0.1, 0.15) is 6.07 Å². The molecule has 2 aromatic heterocycles. The van der Waals surface area contributed by atoms with Crippen molar-refractivity contribution in [3.05, 3.63) is 34.3 Å². The Morgan fingerprint density at radius 3 is 2.84 bits per heavy atom. The molecule has 5 heterocycles. The highest BCUT2D eigenvalue weighted by molar-refractivity contribution is 5.72. The molecule has 0 atom stereocenters. The van der Waals surface area contributed by atoms with Crippen LogP contribution in [0.15, 0.2) is 6.07 Å². The zero-order valence-corrected chi connectivity index (χ0v) is 18.6. The van der Waals surface area contributed by atoms with Crippen molar-refractivity contribution >= 4 is 17.6 Å². The second kappa shape index (κ2) is 8.43. The van der Waals surface area contributed by atoms with Gasteiger partial charge in [-0.2, -0.15) is 10.4 Å². The maximum atomic E-state index is 12.3. The highest BCUT2D eigenvalue weighted by Gasteiger charge is 2.34. The van der Waals surface area contributed by atoms with E-state index in [1.54, 1.807) is 4.90 Å². The van der Waals surface area contributed by atoms with E-state index in [0.29, 0.717) is 24.7 Å². The molecule has 0 spiro atoms. The van der Waals surface area contributed by atoms with Crippen LogP contribution in [-0.2, 0) is 28.9 Å². The summed E-state index contributed by atoms with van der Waals surface area (Å²) in [4.78, 5) is 21.0. The predicted octanol–water partition coefficient (Wildman–Crippen LogP) is 3.02. The molecule has 9 nitrogen and oxygen atoms in total. The number of pyridine rings is 1. The normalized spacial score (nSPS) is 18.7. The average Bonchev–Trinajstić information content (AvgIpc) is 3.22. The Morgan fingerprint density at radius 2 is 2.09 bits per heavy atom. The van der Waals surface area contributed by atoms with Gasteiger partial charge in [-0.15, -0.1) is 0 Å². The number of nitriles is 1. The van der Waals surface area contributed by atoms with Crippen LogP contribution in [0.5, 0.6) is 0 Å². The topological polar surface area (TPSA) is 96.5 Å². The van der Waals surface area contributed by atoms with E-state index >= 15 is 0 Å². The molecule has 5 rings (SSSR count). The average molecular weight is 437 g/mol. The van der Waals surface area contributed by atoms with Gasteiger partial charge in [-0.3, -0.25) is 9.67 Å². The van der Waals surface area contributed by atoms with Crippen LogP contribution >= 0.6 is 0 Å². The first-order chi connectivity index (χ1) is 15.6. The number of rotatable bonds is 2. The summed E-state index contributed by atoms with van der Waals surface area (Å²) >= 11 is 0. The van der Waals surface area contributed by atoms with Gasteiger partial charge in [0.15, 0.2) is 5.82 Å². The van der Waals surface area contributed by atoms with E-state index in [2.05, 4.69) is 15.7 Å². The number of hydrogen-bond acceptors (Lipinski definition) is 7. The summed E-state index contributed by atoms with van der Waals surface area (Å²) in [6.07, 6.45) is 4.14. The smallest absolute Gasteiger partial charge is 0.409 e. The van der Waals surface area contributed by atoms with Crippen molar-refractivity contribution in [2.45, 2.75) is 51.6 Å². The van der Waals surface area contributed by atoms with Gasteiger partial charge in [0.25, 0.3) is 0 Å². The number of anilines is 2. The maximum absolute atomic E-state index is 12.3. The van der Waals surface area contributed by atoms with Crippen molar-refractivity contribution in [1.29, 1.82) is 5.26 Å². The number of aryl methyl sites for hydroxylation is 2. The van der Waals surface area contributed by atoms with Crippen LogP contribution in [0.2, 0.25) is 0 Å². The van der Waals surface area contributed by atoms with E-state index < -0.39 is 0 Å². The minimum atomic E-state index is -0.316. The van der Waals surface area contributed by atoms with Gasteiger partial charge < -0.3 is 19.3 Å². The molecule has 0 unspecified atom stereocenters. The fourth-order valence-electron chi connectivity index (χ4n) is 5.08. The van der Waals surface area contributed by atoms with Gasteiger partial charge >= 0.3 is 6.09 Å². The van der Waals surface area contributed by atoms with Crippen molar-refractivity contribution < 1.29 is 14.3 Å². The summed E-state index contributed by atoms with van der Waals surface area (Å²) in [5, 5.41) is 14.7. The lowest BCUT2D eigenvalue weighted by Gasteiger charge is -2.32. The first kappa shape index (κ1) is 20.8. The van der Waals surface area contributed by atoms with Crippen LogP contribution < -0.4 is 4.90 Å². The molecule has 0 bridgehead atoms. The van der Waals surface area contributed by atoms with Crippen molar-refractivity contribution in [3.63, 3.8) is 0 Å². The minimum Gasteiger partial charge on any atom is -0.453 e. The summed E-state index contributed by atoms with van der Waals surface area (Å²) in [5.74, 6) is 0.871. The third kappa shape index (κ3) is 3.48. The van der Waals surface area contributed by atoms with E-state index in [4.69, 9.17) is 19.6 Å². The number of carbonyl (C=O) groups is 1. The van der Waals surface area contributed by atoms with E-state index in [1.165, 1.54) is 12.8 Å². The molecule has 168 valence electrons. The molecule has 9 heteroatoms. The van der Waals surface area contributed by atoms with Crippen molar-refractivity contribution in [2.75, 3.05) is 38.3 Å². The summed E-state index contributed by atoms with van der Waals surface area (Å²) in [7, 11) is 1.42. The van der Waals surface area contributed by atoms with E-state index in [1.807, 2.05) is 13.0 Å². The molecule has 0 N–H and O–H groups in total. The standard InChI is InChI=1S/C23H28N6O3/c1-15-16(13-24)12-21-19(25-15)4-3-8-28(21)22-18-14-27(23(30)31-2)9-5-20(18)29(26-22)17-6-10-32-11-7-17/h12,17H,3-11,14H2,1-2H3. The molecule has 0 aromatic carbocycles. The number of hydrogen-bond donors (Lipinski definition) is 0. The number of carbonyl (C=O) groups excluding carboxylic acids is 1. The first-order valence-corrected chi connectivity index (χ1v) is 11.3. The van der Waals surface area contributed by atoms with Gasteiger partial charge in [-0.25, -0.2) is 4.79 Å². The van der Waals surface area contributed by atoms with E-state index in [9.17, 15) is 10.1 Å². The van der Waals surface area contributed by atoms with Gasteiger partial charge in [-0.1, -0.05) is 0 Å². The number of amides is 1. The van der Waals surface area contributed by atoms with Crippen LogP contribution in [0.25, 0.3) is 0 Å². The van der Waals surface area contributed by atoms with Crippen LogP contribution in [0, 0.1) is 18.3 Å². The Balaban J connectivity index is 1.61. The maximum Gasteiger partial charge on any atom is 0.409 e. The minimum absolute atomic E-state index is 0.297. The Labute approximate surface area is 187 Å². The first-order valence-electron chi connectivity index (χ1n) is 11.3. The predicted molar refractivity (Wildman–Crippen MR) is 117 cm³/mol. The Hall–Kier alpha value is -3.12. The van der Waals surface area contributed by atoms with E-state index in [0.717, 1.165) is 80.3 Å². The summed E-state index contributed by atoms with van der Waals surface area (Å²) in [5.41, 5.74) is 5.57. The van der Waals surface area contributed by atoms with Crippen LogP contribution in [0.3, 0.4) is 0 Å². The molecule has 32 heavy (non-hydrogen) atoms.